The minimum atomic E-state index is -4.63. The zero-order valence-electron chi connectivity index (χ0n) is 25.8. The van der Waals surface area contributed by atoms with E-state index >= 15 is 0 Å². The van der Waals surface area contributed by atoms with Crippen molar-refractivity contribution in [3.8, 4) is 5.75 Å². The number of rotatable bonds is 12. The molecule has 1 fully saturated rings. The van der Waals surface area contributed by atoms with Crippen molar-refractivity contribution in [3.63, 3.8) is 0 Å². The van der Waals surface area contributed by atoms with Gasteiger partial charge in [0.1, 0.15) is 11.3 Å². The Kier molecular flexibility index (Phi) is 10.3. The molecule has 1 saturated carbocycles. The van der Waals surface area contributed by atoms with E-state index in [4.69, 9.17) is 9.47 Å². The number of carbonyl (C=O) groups is 2. The van der Waals surface area contributed by atoms with Crippen molar-refractivity contribution in [2.24, 2.45) is 23.7 Å². The fourth-order valence-electron chi connectivity index (χ4n) is 5.43. The van der Waals surface area contributed by atoms with Crippen LogP contribution in [0.15, 0.2) is 47.3 Å². The molecule has 12 heteroatoms. The first-order chi connectivity index (χ1) is 20.6. The fourth-order valence-corrected chi connectivity index (χ4v) is 6.14. The van der Waals surface area contributed by atoms with Gasteiger partial charge < -0.3 is 9.47 Å². The molecule has 0 saturated heterocycles. The Morgan fingerprint density at radius 2 is 1.75 bits per heavy atom. The number of ketones is 1. The molecule has 1 aromatic heterocycles. The summed E-state index contributed by atoms with van der Waals surface area (Å²) in [6, 6.07) is 10.3. The molecule has 0 bridgehead atoms. The van der Waals surface area contributed by atoms with Gasteiger partial charge >= 0.3 is 12.1 Å². The molecular formula is C32H40F3N3O5Si. The molecular weight excluding hydrogens is 591 g/mol. The Balaban J connectivity index is 1.58. The summed E-state index contributed by atoms with van der Waals surface area (Å²) in [5, 5.41) is 7.68. The maximum Gasteiger partial charge on any atom is 0.416 e. The van der Waals surface area contributed by atoms with E-state index in [1.54, 1.807) is 24.3 Å². The van der Waals surface area contributed by atoms with Gasteiger partial charge in [0.05, 0.1) is 36.6 Å². The third-order valence-electron chi connectivity index (χ3n) is 8.05. The van der Waals surface area contributed by atoms with Gasteiger partial charge in [0.25, 0.3) is 5.56 Å². The van der Waals surface area contributed by atoms with Gasteiger partial charge in [-0.15, -0.1) is 5.10 Å². The lowest BCUT2D eigenvalue weighted by molar-refractivity contribution is -0.150. The number of halogens is 3. The van der Waals surface area contributed by atoms with Crippen molar-refractivity contribution in [2.75, 3.05) is 13.2 Å². The summed E-state index contributed by atoms with van der Waals surface area (Å²) in [5.41, 5.74) is -1.23. The molecule has 0 spiro atoms. The molecule has 0 aliphatic heterocycles. The number of ether oxygens (including phenoxy) is 2. The van der Waals surface area contributed by atoms with Crippen molar-refractivity contribution < 1.29 is 32.2 Å². The van der Waals surface area contributed by atoms with Crippen molar-refractivity contribution in [3.05, 3.63) is 63.9 Å². The molecule has 44 heavy (non-hydrogen) atoms. The molecule has 0 N–H and O–H groups in total. The van der Waals surface area contributed by atoms with Gasteiger partial charge in [-0.3, -0.25) is 14.4 Å². The Morgan fingerprint density at radius 3 is 2.39 bits per heavy atom. The van der Waals surface area contributed by atoms with Crippen molar-refractivity contribution in [1.82, 2.24) is 15.0 Å². The van der Waals surface area contributed by atoms with Gasteiger partial charge in [-0.05, 0) is 79.6 Å². The van der Waals surface area contributed by atoms with Gasteiger partial charge in [0.15, 0.2) is 5.78 Å². The lowest BCUT2D eigenvalue weighted by Crippen LogP contribution is -2.36. The fraction of sp³-hybridized carbons (Fsp3) is 0.531. The van der Waals surface area contributed by atoms with Gasteiger partial charge in [0.2, 0.25) is 0 Å². The van der Waals surface area contributed by atoms with Crippen LogP contribution >= 0.6 is 0 Å². The van der Waals surface area contributed by atoms with Crippen LogP contribution in [0.2, 0.25) is 25.7 Å². The summed E-state index contributed by atoms with van der Waals surface area (Å²) in [6.07, 6.45) is -2.91. The Bertz CT molecular complexity index is 1530. The predicted octanol–water partition coefficient (Wildman–Crippen LogP) is 6.64. The summed E-state index contributed by atoms with van der Waals surface area (Å²) in [5.74, 6) is -1.61. The van der Waals surface area contributed by atoms with Crippen LogP contribution < -0.4 is 10.3 Å². The molecule has 1 heterocycles. The van der Waals surface area contributed by atoms with Gasteiger partial charge in [-0.1, -0.05) is 38.7 Å². The maximum absolute atomic E-state index is 13.7. The number of hydrogen-bond donors (Lipinski definition) is 0. The first-order valence-electron chi connectivity index (χ1n) is 15.0. The van der Waals surface area contributed by atoms with Crippen LogP contribution in [0.3, 0.4) is 0 Å². The summed E-state index contributed by atoms with van der Waals surface area (Å²) >= 11 is 0. The third-order valence-corrected chi connectivity index (χ3v) is 9.76. The number of carbonyl (C=O) groups excluding carboxylic acids is 2. The van der Waals surface area contributed by atoms with E-state index in [2.05, 4.69) is 43.8 Å². The second-order valence-electron chi connectivity index (χ2n) is 13.2. The highest BCUT2D eigenvalue weighted by molar-refractivity contribution is 6.76. The summed E-state index contributed by atoms with van der Waals surface area (Å²) in [7, 11) is -1.51. The second-order valence-corrected chi connectivity index (χ2v) is 18.8. The highest BCUT2D eigenvalue weighted by Crippen LogP contribution is 2.41. The molecule has 1 aliphatic rings. The first kappa shape index (κ1) is 33.4. The monoisotopic (exact) mass is 631 g/mol. The normalized spacial score (nSPS) is 19.0. The standard InChI is InChI=1S/C32H40F3N3O5Si/c1-20(2)14-15-42-24-10-6-21(7-11-24)29(39)25-12-8-22(28(25)31(41)43-16-17-44(3,4)5)19-38-30(40)26-18-23(32(33,34)35)9-13-27(26)36-37-38/h6-7,9-11,13,18,20,22,25,28H,8,12,14-17,19H2,1-5H3/t22-,25-,28-/m0/s1. The number of benzene rings is 2. The number of aromatic nitrogens is 3. The van der Waals surface area contributed by atoms with Gasteiger partial charge in [0, 0.05) is 19.6 Å². The SMILES string of the molecule is CC(C)CCOc1ccc(C(=O)[C@H]2CC[C@@H](Cn3nnc4ccc(C(F)(F)F)cc4c3=O)[C@@H]2C(=O)OCC[Si](C)(C)C)cc1. The summed E-state index contributed by atoms with van der Waals surface area (Å²) in [4.78, 5) is 40.5. The van der Waals surface area contributed by atoms with E-state index in [1.807, 2.05) is 0 Å². The smallest absolute Gasteiger partial charge is 0.416 e. The van der Waals surface area contributed by atoms with E-state index in [1.165, 1.54) is 0 Å². The van der Waals surface area contributed by atoms with Crippen molar-refractivity contribution in [2.45, 2.75) is 71.5 Å². The quantitative estimate of drug-likeness (QED) is 0.125. The highest BCUT2D eigenvalue weighted by Gasteiger charge is 2.46. The largest absolute Gasteiger partial charge is 0.494 e. The van der Waals surface area contributed by atoms with E-state index in [0.29, 0.717) is 36.7 Å². The maximum atomic E-state index is 13.7. The minimum Gasteiger partial charge on any atom is -0.494 e. The van der Waals surface area contributed by atoms with E-state index in [9.17, 15) is 27.6 Å². The number of Topliss-reactive ketones (excluding diaryl/α,β-unsaturated/α-hetero) is 1. The van der Waals surface area contributed by atoms with Crippen LogP contribution in [0, 0.1) is 23.7 Å². The molecule has 0 amide bonds. The van der Waals surface area contributed by atoms with Crippen LogP contribution in [0.5, 0.6) is 5.75 Å². The van der Waals surface area contributed by atoms with Crippen LogP contribution in [-0.4, -0.2) is 48.0 Å². The lowest BCUT2D eigenvalue weighted by Gasteiger charge is -2.24. The van der Waals surface area contributed by atoms with Crippen molar-refractivity contribution in [1.29, 1.82) is 0 Å². The molecule has 8 nitrogen and oxygen atoms in total. The van der Waals surface area contributed by atoms with E-state index in [-0.39, 0.29) is 29.8 Å². The predicted molar refractivity (Wildman–Crippen MR) is 163 cm³/mol. The van der Waals surface area contributed by atoms with Crippen molar-refractivity contribution >= 4 is 30.7 Å². The highest BCUT2D eigenvalue weighted by atomic mass is 28.3. The Hall–Kier alpha value is -3.54. The average Bonchev–Trinajstić information content (AvgIpc) is 3.36. The van der Waals surface area contributed by atoms with Gasteiger partial charge in [-0.25, -0.2) is 4.68 Å². The molecule has 1 aliphatic carbocycles. The first-order valence-corrected chi connectivity index (χ1v) is 18.7. The van der Waals surface area contributed by atoms with Crippen LogP contribution in [0.4, 0.5) is 13.2 Å². The molecule has 3 aromatic rings. The summed E-state index contributed by atoms with van der Waals surface area (Å²) in [6.45, 7) is 11.4. The second kappa shape index (κ2) is 13.6. The van der Waals surface area contributed by atoms with E-state index < -0.39 is 49.1 Å². The Labute approximate surface area is 255 Å². The molecule has 3 atom stereocenters. The Morgan fingerprint density at radius 1 is 1.05 bits per heavy atom. The van der Waals surface area contributed by atoms with Crippen LogP contribution in [0.25, 0.3) is 10.9 Å². The average molecular weight is 632 g/mol. The molecule has 0 radical (unpaired) electrons. The minimum absolute atomic E-state index is 0.0395. The number of fused-ring (bicyclic) bond motifs is 1. The van der Waals surface area contributed by atoms with Crippen LogP contribution in [-0.2, 0) is 22.3 Å². The van der Waals surface area contributed by atoms with E-state index in [0.717, 1.165) is 35.3 Å². The number of hydrogen-bond acceptors (Lipinski definition) is 7. The topological polar surface area (TPSA) is 100 Å². The number of esters is 1. The molecule has 0 unspecified atom stereocenters. The zero-order valence-corrected chi connectivity index (χ0v) is 26.8. The van der Waals surface area contributed by atoms with Crippen LogP contribution in [0.1, 0.15) is 49.0 Å². The van der Waals surface area contributed by atoms with Gasteiger partial charge in [-0.2, -0.15) is 13.2 Å². The lowest BCUT2D eigenvalue weighted by atomic mass is 9.84. The summed E-state index contributed by atoms with van der Waals surface area (Å²) < 4.78 is 52.4. The number of nitrogens with zero attached hydrogens (tertiary/aromatic N) is 3. The third kappa shape index (κ3) is 8.34. The molecule has 4 rings (SSSR count). The molecule has 2 aromatic carbocycles. The molecule has 238 valence electrons. The zero-order chi connectivity index (χ0) is 32.2. The number of alkyl halides is 3.